The predicted molar refractivity (Wildman–Crippen MR) is 114 cm³/mol. The van der Waals surface area contributed by atoms with Crippen LogP contribution in [-0.4, -0.2) is 28.9 Å². The topological polar surface area (TPSA) is 65.4 Å². The Labute approximate surface area is 183 Å². The van der Waals surface area contributed by atoms with E-state index in [1.807, 2.05) is 13.8 Å². The molecule has 0 saturated carbocycles. The molecular formula is C21H20Cl2FN3O3. The monoisotopic (exact) mass is 451 g/mol. The summed E-state index contributed by atoms with van der Waals surface area (Å²) >= 11 is 12.3. The maximum absolute atomic E-state index is 14.0. The van der Waals surface area contributed by atoms with Gasteiger partial charge in [0.25, 0.3) is 5.91 Å². The first-order chi connectivity index (χ1) is 14.4. The summed E-state index contributed by atoms with van der Waals surface area (Å²) in [5, 5.41) is 7.38. The van der Waals surface area contributed by atoms with Gasteiger partial charge in [0.1, 0.15) is 10.8 Å². The minimum atomic E-state index is -0.447. The van der Waals surface area contributed by atoms with Gasteiger partial charge in [-0.3, -0.25) is 9.48 Å². The fourth-order valence-electron chi connectivity index (χ4n) is 2.78. The fourth-order valence-corrected chi connectivity index (χ4v) is 3.20. The quantitative estimate of drug-likeness (QED) is 0.495. The molecule has 0 spiro atoms. The van der Waals surface area contributed by atoms with E-state index in [0.29, 0.717) is 30.3 Å². The normalized spacial score (nSPS) is 10.7. The zero-order chi connectivity index (χ0) is 21.7. The predicted octanol–water partition coefficient (Wildman–Crippen LogP) is 5.43. The number of benzene rings is 2. The molecule has 0 radical (unpaired) electrons. The van der Waals surface area contributed by atoms with Gasteiger partial charge >= 0.3 is 0 Å². The van der Waals surface area contributed by atoms with Gasteiger partial charge in [-0.15, -0.1) is 0 Å². The second-order valence-electron chi connectivity index (χ2n) is 6.21. The van der Waals surface area contributed by atoms with Crippen molar-refractivity contribution in [3.05, 3.63) is 69.6 Å². The Morgan fingerprint density at radius 3 is 2.53 bits per heavy atom. The largest absolute Gasteiger partial charge is 0.490 e. The van der Waals surface area contributed by atoms with E-state index < -0.39 is 11.7 Å². The molecule has 0 fully saturated rings. The number of hydrogen-bond acceptors (Lipinski definition) is 4. The van der Waals surface area contributed by atoms with Gasteiger partial charge in [0, 0.05) is 22.3 Å². The van der Waals surface area contributed by atoms with Crippen molar-refractivity contribution in [2.75, 3.05) is 18.5 Å². The zero-order valence-electron chi connectivity index (χ0n) is 16.4. The lowest BCUT2D eigenvalue weighted by atomic mass is 10.2. The highest BCUT2D eigenvalue weighted by Gasteiger charge is 2.16. The summed E-state index contributed by atoms with van der Waals surface area (Å²) in [6, 6.07) is 9.31. The summed E-state index contributed by atoms with van der Waals surface area (Å²) in [5.74, 6) is 0.311. The Kier molecular flexibility index (Phi) is 7.18. The van der Waals surface area contributed by atoms with Crippen LogP contribution in [0.1, 0.15) is 29.8 Å². The molecule has 6 nitrogen and oxygen atoms in total. The lowest BCUT2D eigenvalue weighted by Crippen LogP contribution is -2.14. The number of rotatable bonds is 8. The first-order valence-corrected chi connectivity index (χ1v) is 10.0. The van der Waals surface area contributed by atoms with Crippen LogP contribution in [0.3, 0.4) is 0 Å². The highest BCUT2D eigenvalue weighted by molar-refractivity contribution is 6.33. The number of carbonyl (C=O) groups excluding carboxylic acids is 1. The van der Waals surface area contributed by atoms with E-state index in [0.717, 1.165) is 0 Å². The van der Waals surface area contributed by atoms with Crippen LogP contribution in [0.25, 0.3) is 0 Å². The molecule has 0 bridgehead atoms. The van der Waals surface area contributed by atoms with Crippen molar-refractivity contribution in [3.8, 4) is 11.5 Å². The second-order valence-corrected chi connectivity index (χ2v) is 7.02. The number of anilines is 1. The third kappa shape index (κ3) is 5.04. The lowest BCUT2D eigenvalue weighted by molar-refractivity contribution is 0.102. The Morgan fingerprint density at radius 1 is 1.10 bits per heavy atom. The maximum Gasteiger partial charge on any atom is 0.257 e. The van der Waals surface area contributed by atoms with Crippen LogP contribution in [0.15, 0.2) is 42.6 Å². The van der Waals surface area contributed by atoms with E-state index in [1.54, 1.807) is 24.3 Å². The molecule has 1 N–H and O–H groups in total. The number of hydrogen-bond donors (Lipinski definition) is 1. The van der Waals surface area contributed by atoms with Crippen molar-refractivity contribution in [2.45, 2.75) is 20.4 Å². The summed E-state index contributed by atoms with van der Waals surface area (Å²) in [6.07, 6.45) is 1.49. The standard InChI is InChI=1S/C21H20Cl2FN3O3/c1-3-29-18-9-8-13(10-19(18)30-4-2)21(28)25-20-16(23)12-27(26-20)11-14-15(22)6-5-7-17(14)24/h5-10,12H,3-4,11H2,1-2H3,(H,25,26,28). The van der Waals surface area contributed by atoms with Crippen molar-refractivity contribution in [1.29, 1.82) is 0 Å². The third-order valence-corrected chi connectivity index (χ3v) is 4.77. The average molecular weight is 452 g/mol. The van der Waals surface area contributed by atoms with E-state index in [4.69, 9.17) is 32.7 Å². The number of amides is 1. The first-order valence-electron chi connectivity index (χ1n) is 9.29. The summed E-state index contributed by atoms with van der Waals surface area (Å²) < 4.78 is 26.5. The number of nitrogens with zero attached hydrogens (tertiary/aromatic N) is 2. The summed E-state index contributed by atoms with van der Waals surface area (Å²) in [5.41, 5.74) is 0.633. The molecule has 0 aliphatic rings. The molecule has 0 unspecified atom stereocenters. The molecule has 1 heterocycles. The second kappa shape index (κ2) is 9.82. The maximum atomic E-state index is 14.0. The van der Waals surface area contributed by atoms with Gasteiger partial charge in [0.15, 0.2) is 17.3 Å². The molecule has 1 amide bonds. The minimum Gasteiger partial charge on any atom is -0.490 e. The summed E-state index contributed by atoms with van der Waals surface area (Å²) in [6.45, 7) is 4.68. The van der Waals surface area contributed by atoms with Crippen LogP contribution >= 0.6 is 23.2 Å². The first kappa shape index (κ1) is 21.9. The molecule has 9 heteroatoms. The van der Waals surface area contributed by atoms with Crippen LogP contribution in [0, 0.1) is 5.82 Å². The molecule has 0 aliphatic carbocycles. The van der Waals surface area contributed by atoms with Gasteiger partial charge in [0.2, 0.25) is 0 Å². The molecule has 0 aliphatic heterocycles. The SMILES string of the molecule is CCOc1ccc(C(=O)Nc2nn(Cc3c(F)cccc3Cl)cc2Cl)cc1OCC. The van der Waals surface area contributed by atoms with E-state index in [2.05, 4.69) is 10.4 Å². The lowest BCUT2D eigenvalue weighted by Gasteiger charge is -2.12. The summed E-state index contributed by atoms with van der Waals surface area (Å²) in [4.78, 5) is 12.7. The Morgan fingerprint density at radius 2 is 1.83 bits per heavy atom. The fraction of sp³-hybridized carbons (Fsp3) is 0.238. The number of nitrogens with one attached hydrogen (secondary N) is 1. The van der Waals surface area contributed by atoms with Crippen molar-refractivity contribution in [2.24, 2.45) is 0 Å². The van der Waals surface area contributed by atoms with Gasteiger partial charge in [-0.25, -0.2) is 4.39 Å². The zero-order valence-corrected chi connectivity index (χ0v) is 17.9. The average Bonchev–Trinajstić information content (AvgIpc) is 3.05. The number of ether oxygens (including phenoxy) is 2. The van der Waals surface area contributed by atoms with Gasteiger partial charge in [-0.2, -0.15) is 5.10 Å². The smallest absolute Gasteiger partial charge is 0.257 e. The van der Waals surface area contributed by atoms with Crippen molar-refractivity contribution >= 4 is 34.9 Å². The van der Waals surface area contributed by atoms with Gasteiger partial charge in [-0.05, 0) is 44.2 Å². The highest BCUT2D eigenvalue weighted by Crippen LogP contribution is 2.29. The van der Waals surface area contributed by atoms with Crippen molar-refractivity contribution in [1.82, 2.24) is 9.78 Å². The van der Waals surface area contributed by atoms with Gasteiger partial charge < -0.3 is 14.8 Å². The molecule has 2 aromatic carbocycles. The van der Waals surface area contributed by atoms with Crippen LogP contribution in [0.4, 0.5) is 10.2 Å². The van der Waals surface area contributed by atoms with Crippen molar-refractivity contribution in [3.63, 3.8) is 0 Å². The van der Waals surface area contributed by atoms with E-state index in [9.17, 15) is 9.18 Å². The minimum absolute atomic E-state index is 0.0681. The third-order valence-electron chi connectivity index (χ3n) is 4.14. The van der Waals surface area contributed by atoms with Crippen molar-refractivity contribution < 1.29 is 18.7 Å². The number of halogens is 3. The number of carbonyl (C=O) groups is 1. The molecule has 0 saturated heterocycles. The Bertz CT molecular complexity index is 1040. The molecule has 1 aromatic heterocycles. The highest BCUT2D eigenvalue weighted by atomic mass is 35.5. The molecule has 30 heavy (non-hydrogen) atoms. The van der Waals surface area contributed by atoms with E-state index in [1.165, 1.54) is 23.0 Å². The number of aromatic nitrogens is 2. The molecule has 3 aromatic rings. The van der Waals surface area contributed by atoms with E-state index >= 15 is 0 Å². The van der Waals surface area contributed by atoms with Gasteiger partial charge in [0.05, 0.1) is 19.8 Å². The molecule has 3 rings (SSSR count). The van der Waals surface area contributed by atoms with E-state index in [-0.39, 0.29) is 28.0 Å². The van der Waals surface area contributed by atoms with Crippen LogP contribution < -0.4 is 14.8 Å². The van der Waals surface area contributed by atoms with Crippen LogP contribution in [0.5, 0.6) is 11.5 Å². The van der Waals surface area contributed by atoms with Crippen LogP contribution in [-0.2, 0) is 6.54 Å². The molecule has 0 atom stereocenters. The Hall–Kier alpha value is -2.77. The molecular weight excluding hydrogens is 432 g/mol. The van der Waals surface area contributed by atoms with Gasteiger partial charge in [-0.1, -0.05) is 29.3 Å². The Balaban J connectivity index is 1.78. The van der Waals surface area contributed by atoms with Crippen LogP contribution in [0.2, 0.25) is 10.0 Å². The molecule has 158 valence electrons. The summed E-state index contributed by atoms with van der Waals surface area (Å²) in [7, 11) is 0.